The lowest BCUT2D eigenvalue weighted by molar-refractivity contribution is -0.119. The van der Waals surface area contributed by atoms with Gasteiger partial charge in [-0.2, -0.15) is 0 Å². The average Bonchev–Trinajstić information content (AvgIpc) is 2.76. The van der Waals surface area contributed by atoms with E-state index in [0.717, 1.165) is 11.3 Å². The molecular weight excluding hydrogens is 430 g/mol. The summed E-state index contributed by atoms with van der Waals surface area (Å²) in [5, 5.41) is 6.40. The third-order valence-electron chi connectivity index (χ3n) is 4.53. The van der Waals surface area contributed by atoms with Crippen LogP contribution in [0.25, 0.3) is 0 Å². The van der Waals surface area contributed by atoms with Gasteiger partial charge >= 0.3 is 0 Å². The van der Waals surface area contributed by atoms with Crippen LogP contribution in [0.5, 0.6) is 0 Å². The molecule has 0 atom stereocenters. The third-order valence-corrected chi connectivity index (χ3v) is 4.98. The lowest BCUT2D eigenvalue weighted by Crippen LogP contribution is -2.35. The van der Waals surface area contributed by atoms with Gasteiger partial charge in [-0.1, -0.05) is 48.0 Å². The molecule has 0 aliphatic heterocycles. The van der Waals surface area contributed by atoms with E-state index in [2.05, 4.69) is 10.6 Å². The fourth-order valence-electron chi connectivity index (χ4n) is 3.06. The summed E-state index contributed by atoms with van der Waals surface area (Å²) < 4.78 is 0. The van der Waals surface area contributed by atoms with Gasteiger partial charge in [-0.05, 0) is 67.2 Å². The number of amides is 2. The average molecular weight is 452 g/mol. The van der Waals surface area contributed by atoms with Crippen LogP contribution in [0.1, 0.15) is 22.8 Å². The summed E-state index contributed by atoms with van der Waals surface area (Å²) in [6, 6.07) is 23.6. The maximum atomic E-state index is 13.0. The maximum Gasteiger partial charge on any atom is 0.258 e. The van der Waals surface area contributed by atoms with Crippen LogP contribution in [-0.2, 0) is 11.2 Å². The lowest BCUT2D eigenvalue weighted by atomic mass is 10.1. The molecule has 0 aliphatic rings. The fraction of sp³-hybridized carbons (Fsp3) is 0.125. The quantitative estimate of drug-likeness (QED) is 0.514. The topological polar surface area (TPSA) is 61.4 Å². The number of nitrogens with one attached hydrogen (secondary N) is 2. The summed E-state index contributed by atoms with van der Waals surface area (Å²) in [7, 11) is 0. The Bertz CT molecular complexity index is 1070. The van der Waals surface area contributed by atoms with Crippen molar-refractivity contribution in [3.05, 3.63) is 95.0 Å². The zero-order chi connectivity index (χ0) is 22.2. The van der Waals surface area contributed by atoms with Gasteiger partial charge in [0.1, 0.15) is 0 Å². The molecule has 0 bridgehead atoms. The summed E-state index contributed by atoms with van der Waals surface area (Å²) in [4.78, 5) is 26.9. The number of nitrogens with zero attached hydrogens (tertiary/aromatic N) is 1. The van der Waals surface area contributed by atoms with Crippen molar-refractivity contribution in [1.29, 1.82) is 0 Å². The third kappa shape index (κ3) is 6.38. The second-order valence-electron chi connectivity index (χ2n) is 6.77. The largest absolute Gasteiger partial charge is 0.332 e. The van der Waals surface area contributed by atoms with E-state index in [9.17, 15) is 9.59 Å². The molecule has 3 aromatic carbocycles. The molecular formula is C24H22ClN3O2S. The molecule has 0 saturated carbocycles. The van der Waals surface area contributed by atoms with Gasteiger partial charge in [-0.15, -0.1) is 0 Å². The predicted molar refractivity (Wildman–Crippen MR) is 130 cm³/mol. The molecule has 0 spiro atoms. The highest BCUT2D eigenvalue weighted by Crippen LogP contribution is 2.19. The van der Waals surface area contributed by atoms with Crippen molar-refractivity contribution in [2.24, 2.45) is 0 Å². The summed E-state index contributed by atoms with van der Waals surface area (Å²) in [6.07, 6.45) is 0.181. The minimum Gasteiger partial charge on any atom is -0.332 e. The molecule has 0 saturated heterocycles. The van der Waals surface area contributed by atoms with Crippen LogP contribution in [0.3, 0.4) is 0 Å². The van der Waals surface area contributed by atoms with E-state index in [-0.39, 0.29) is 23.3 Å². The normalized spacial score (nSPS) is 10.3. The van der Waals surface area contributed by atoms with Gasteiger partial charge in [0.25, 0.3) is 5.91 Å². The van der Waals surface area contributed by atoms with Crippen molar-refractivity contribution in [3.63, 3.8) is 0 Å². The Morgan fingerprint density at radius 2 is 1.68 bits per heavy atom. The number of hydrogen-bond acceptors (Lipinski definition) is 3. The zero-order valence-electron chi connectivity index (χ0n) is 17.0. The van der Waals surface area contributed by atoms with E-state index in [1.165, 1.54) is 0 Å². The Labute approximate surface area is 192 Å². The molecule has 0 radical (unpaired) electrons. The van der Waals surface area contributed by atoms with E-state index < -0.39 is 0 Å². The van der Waals surface area contributed by atoms with Crippen molar-refractivity contribution in [1.82, 2.24) is 5.32 Å². The smallest absolute Gasteiger partial charge is 0.258 e. The van der Waals surface area contributed by atoms with Crippen LogP contribution in [-0.4, -0.2) is 23.5 Å². The standard InChI is InChI=1S/C24H22ClN3O2S/c1-2-28(21-9-4-3-5-10-21)23(30)18-7-6-8-20(16-18)26-24(31)27-22(29)15-17-11-13-19(25)14-12-17/h3-14,16H,2,15H2,1H3,(H2,26,27,29,31). The number of halogens is 1. The molecule has 3 aromatic rings. The summed E-state index contributed by atoms with van der Waals surface area (Å²) in [5.41, 5.74) is 2.80. The highest BCUT2D eigenvalue weighted by atomic mass is 35.5. The minimum absolute atomic E-state index is 0.116. The highest BCUT2D eigenvalue weighted by Gasteiger charge is 2.16. The van der Waals surface area contributed by atoms with Crippen molar-refractivity contribution < 1.29 is 9.59 Å². The van der Waals surface area contributed by atoms with Gasteiger partial charge in [-0.25, -0.2) is 0 Å². The van der Waals surface area contributed by atoms with E-state index in [1.807, 2.05) is 37.3 Å². The van der Waals surface area contributed by atoms with Crippen molar-refractivity contribution in [2.75, 3.05) is 16.8 Å². The second-order valence-corrected chi connectivity index (χ2v) is 7.62. The molecule has 0 unspecified atom stereocenters. The molecule has 2 N–H and O–H groups in total. The molecule has 7 heteroatoms. The van der Waals surface area contributed by atoms with Gasteiger partial charge < -0.3 is 15.5 Å². The van der Waals surface area contributed by atoms with Crippen LogP contribution in [0.2, 0.25) is 5.02 Å². The molecule has 158 valence electrons. The van der Waals surface area contributed by atoms with Crippen LogP contribution in [0, 0.1) is 0 Å². The number of benzene rings is 3. The first-order valence-electron chi connectivity index (χ1n) is 9.78. The number of carbonyl (C=O) groups excluding carboxylic acids is 2. The fourth-order valence-corrected chi connectivity index (χ4v) is 3.42. The number of anilines is 2. The van der Waals surface area contributed by atoms with Crippen LogP contribution in [0.15, 0.2) is 78.9 Å². The maximum absolute atomic E-state index is 13.0. The first-order valence-corrected chi connectivity index (χ1v) is 10.6. The Morgan fingerprint density at radius 1 is 0.968 bits per heavy atom. The molecule has 5 nitrogen and oxygen atoms in total. The molecule has 0 aliphatic carbocycles. The van der Waals surface area contributed by atoms with Crippen LogP contribution < -0.4 is 15.5 Å². The van der Waals surface area contributed by atoms with Crippen molar-refractivity contribution >= 4 is 52.1 Å². The number of thiocarbonyl (C=S) groups is 1. The van der Waals surface area contributed by atoms with Crippen LogP contribution in [0.4, 0.5) is 11.4 Å². The van der Waals surface area contributed by atoms with E-state index in [4.69, 9.17) is 23.8 Å². The highest BCUT2D eigenvalue weighted by molar-refractivity contribution is 7.80. The Hall–Kier alpha value is -3.22. The first kappa shape index (κ1) is 22.5. The first-order chi connectivity index (χ1) is 15.0. The Balaban J connectivity index is 1.63. The SMILES string of the molecule is CCN(C(=O)c1cccc(NC(=S)NC(=O)Cc2ccc(Cl)cc2)c1)c1ccccc1. The minimum atomic E-state index is -0.242. The number of para-hydroxylation sites is 1. The van der Waals surface area contributed by atoms with Gasteiger partial charge in [-0.3, -0.25) is 9.59 Å². The lowest BCUT2D eigenvalue weighted by Gasteiger charge is -2.21. The zero-order valence-corrected chi connectivity index (χ0v) is 18.5. The second kappa shape index (κ2) is 10.7. The Kier molecular flexibility index (Phi) is 7.76. The molecule has 0 heterocycles. The molecule has 0 aromatic heterocycles. The molecule has 31 heavy (non-hydrogen) atoms. The van der Waals surface area contributed by atoms with E-state index in [1.54, 1.807) is 53.4 Å². The van der Waals surface area contributed by atoms with Crippen LogP contribution >= 0.6 is 23.8 Å². The van der Waals surface area contributed by atoms with Gasteiger partial charge in [0.2, 0.25) is 5.91 Å². The number of carbonyl (C=O) groups is 2. The molecule has 3 rings (SSSR count). The van der Waals surface area contributed by atoms with Crippen molar-refractivity contribution in [2.45, 2.75) is 13.3 Å². The molecule has 0 fully saturated rings. The summed E-state index contributed by atoms with van der Waals surface area (Å²) >= 11 is 11.1. The molecule has 2 amide bonds. The van der Waals surface area contributed by atoms with Gasteiger partial charge in [0.15, 0.2) is 5.11 Å². The summed E-state index contributed by atoms with van der Waals surface area (Å²) in [5.74, 6) is -0.358. The summed E-state index contributed by atoms with van der Waals surface area (Å²) in [6.45, 7) is 2.47. The van der Waals surface area contributed by atoms with Crippen molar-refractivity contribution in [3.8, 4) is 0 Å². The predicted octanol–water partition coefficient (Wildman–Crippen LogP) is 5.06. The monoisotopic (exact) mass is 451 g/mol. The number of hydrogen-bond donors (Lipinski definition) is 2. The van der Waals surface area contributed by atoms with E-state index >= 15 is 0 Å². The van der Waals surface area contributed by atoms with Gasteiger partial charge in [0.05, 0.1) is 6.42 Å². The number of rotatable bonds is 6. The van der Waals surface area contributed by atoms with Gasteiger partial charge in [0, 0.05) is 28.5 Å². The Morgan fingerprint density at radius 3 is 2.35 bits per heavy atom. The van der Waals surface area contributed by atoms with E-state index in [0.29, 0.717) is 22.8 Å².